The summed E-state index contributed by atoms with van der Waals surface area (Å²) in [4.78, 5) is 0. The van der Waals surface area contributed by atoms with E-state index in [1.165, 1.54) is 19.0 Å². The van der Waals surface area contributed by atoms with Gasteiger partial charge in [0.1, 0.15) is 6.16 Å². The number of hydrogen-bond donors (Lipinski definition) is 0. The van der Waals surface area contributed by atoms with Crippen molar-refractivity contribution in [3.05, 3.63) is 0 Å². The minimum atomic E-state index is 0.173. The first-order valence-electron chi connectivity index (χ1n) is 2.80. The van der Waals surface area contributed by atoms with Crippen LogP contribution in [-0.2, 0) is 0 Å². The van der Waals surface area contributed by atoms with Crippen LogP contribution >= 0.6 is 7.55 Å². The van der Waals surface area contributed by atoms with Crippen molar-refractivity contribution in [2.45, 2.75) is 12.8 Å². The third-order valence-electron chi connectivity index (χ3n) is 1.27. The van der Waals surface area contributed by atoms with Gasteiger partial charge in [-0.2, -0.15) is 0 Å². The van der Waals surface area contributed by atoms with Crippen molar-refractivity contribution in [1.82, 2.24) is 0 Å². The molecule has 0 aromatic heterocycles. The van der Waals surface area contributed by atoms with E-state index in [0.29, 0.717) is 0 Å². The smallest absolute Gasteiger partial charge is 0.0461 e. The summed E-state index contributed by atoms with van der Waals surface area (Å²) in [7, 11) is 0.173. The third-order valence-corrected chi connectivity index (χ3v) is 2.41. The van der Waals surface area contributed by atoms with E-state index in [2.05, 4.69) is 13.0 Å². The molecule has 7 heavy (non-hydrogen) atoms. The zero-order valence-electron chi connectivity index (χ0n) is 4.85. The van der Waals surface area contributed by atoms with Crippen LogP contribution in [0.25, 0.3) is 0 Å². The summed E-state index contributed by atoms with van der Waals surface area (Å²) in [5.74, 6) is 1.09. The predicted molar refractivity (Wildman–Crippen MR) is 37.6 cm³/mol. The highest BCUT2D eigenvalue weighted by molar-refractivity contribution is 7.54. The average Bonchev–Trinajstić information content (AvgIpc) is 2.17. The van der Waals surface area contributed by atoms with Gasteiger partial charge in [0.05, 0.1) is 20.5 Å². The van der Waals surface area contributed by atoms with Gasteiger partial charge in [0, 0.05) is 0 Å². The van der Waals surface area contributed by atoms with E-state index in [1.54, 1.807) is 0 Å². The summed E-state index contributed by atoms with van der Waals surface area (Å²) >= 11 is 0. The molecule has 0 spiro atoms. The fourth-order valence-corrected chi connectivity index (χ4v) is 1.99. The van der Waals surface area contributed by atoms with E-state index in [4.69, 9.17) is 0 Å². The Hall–Kier alpha value is 0.170. The van der Waals surface area contributed by atoms with Crippen LogP contribution < -0.4 is 0 Å². The van der Waals surface area contributed by atoms with Crippen LogP contribution in [0.5, 0.6) is 0 Å². The van der Waals surface area contributed by atoms with E-state index in [9.17, 15) is 0 Å². The maximum atomic E-state index is 3.98. The molecule has 1 aliphatic carbocycles. The Kier molecular flexibility index (Phi) is 1.49. The second kappa shape index (κ2) is 1.96. The molecule has 0 nitrogen and oxygen atoms in total. The molecular formula is C6H12P+. The van der Waals surface area contributed by atoms with Crippen LogP contribution in [-0.4, -0.2) is 19.1 Å². The Morgan fingerprint density at radius 2 is 2.29 bits per heavy atom. The van der Waals surface area contributed by atoms with Crippen LogP contribution in [0.1, 0.15) is 12.8 Å². The minimum Gasteiger partial charge on any atom is -0.0461 e. The molecule has 0 saturated heterocycles. The van der Waals surface area contributed by atoms with Crippen molar-refractivity contribution >= 4 is 13.8 Å². The Morgan fingerprint density at radius 1 is 1.71 bits per heavy atom. The zero-order chi connectivity index (χ0) is 5.28. The molecular weight excluding hydrogens is 103 g/mol. The summed E-state index contributed by atoms with van der Waals surface area (Å²) in [5.41, 5.74) is 0. The molecule has 0 N–H and O–H groups in total. The normalized spacial score (nSPS) is 22.1. The molecule has 1 aliphatic rings. The number of hydrogen-bond acceptors (Lipinski definition) is 0. The maximum Gasteiger partial charge on any atom is 0.108 e. The fourth-order valence-electron chi connectivity index (χ4n) is 0.741. The van der Waals surface area contributed by atoms with Crippen molar-refractivity contribution < 1.29 is 0 Å². The third kappa shape index (κ3) is 2.09. The van der Waals surface area contributed by atoms with Crippen molar-refractivity contribution in [1.29, 1.82) is 0 Å². The lowest BCUT2D eigenvalue weighted by molar-refractivity contribution is 0.997. The molecule has 0 bridgehead atoms. The van der Waals surface area contributed by atoms with E-state index < -0.39 is 0 Å². The monoisotopic (exact) mass is 115 g/mol. The van der Waals surface area contributed by atoms with E-state index >= 15 is 0 Å². The van der Waals surface area contributed by atoms with Crippen LogP contribution in [0, 0.1) is 5.92 Å². The van der Waals surface area contributed by atoms with Crippen LogP contribution in [0.4, 0.5) is 0 Å². The second-order valence-electron chi connectivity index (χ2n) is 2.48. The van der Waals surface area contributed by atoms with Crippen molar-refractivity contribution in [3.63, 3.8) is 0 Å². The lowest BCUT2D eigenvalue weighted by Gasteiger charge is -1.78. The maximum absolute atomic E-state index is 3.98. The van der Waals surface area contributed by atoms with Gasteiger partial charge in [0.25, 0.3) is 0 Å². The van der Waals surface area contributed by atoms with Gasteiger partial charge in [-0.25, -0.2) is 0 Å². The summed E-state index contributed by atoms with van der Waals surface area (Å²) in [5, 5.41) is 0. The molecule has 0 heterocycles. The Balaban J connectivity index is 2.08. The molecule has 1 unspecified atom stereocenters. The quantitative estimate of drug-likeness (QED) is 0.482. The van der Waals surface area contributed by atoms with E-state index in [0.717, 1.165) is 5.92 Å². The first-order valence-corrected chi connectivity index (χ1v) is 4.96. The lowest BCUT2D eigenvalue weighted by Crippen LogP contribution is -1.75. The molecule has 0 aromatic rings. The molecule has 1 heteroatoms. The van der Waals surface area contributed by atoms with Crippen molar-refractivity contribution in [2.75, 3.05) is 12.8 Å². The van der Waals surface area contributed by atoms with E-state index in [-0.39, 0.29) is 7.55 Å². The fraction of sp³-hybridized carbons (Fsp3) is 0.833. The molecule has 0 aromatic carbocycles. The highest BCUT2D eigenvalue weighted by Crippen LogP contribution is 2.35. The Labute approximate surface area is 46.3 Å². The molecule has 1 atom stereocenters. The second-order valence-corrected chi connectivity index (χ2v) is 4.56. The van der Waals surface area contributed by atoms with Gasteiger partial charge in [-0.05, 0) is 18.8 Å². The highest BCUT2D eigenvalue weighted by atomic mass is 31.1. The Morgan fingerprint density at radius 3 is 2.43 bits per heavy atom. The minimum absolute atomic E-state index is 0.173. The van der Waals surface area contributed by atoms with Crippen LogP contribution in [0.3, 0.4) is 0 Å². The van der Waals surface area contributed by atoms with Gasteiger partial charge in [-0.15, -0.1) is 0 Å². The van der Waals surface area contributed by atoms with Crippen LogP contribution in [0.2, 0.25) is 0 Å². The highest BCUT2D eigenvalue weighted by Gasteiger charge is 2.24. The first kappa shape index (κ1) is 5.31. The first-order chi connectivity index (χ1) is 3.29. The van der Waals surface area contributed by atoms with Gasteiger partial charge in [0.15, 0.2) is 0 Å². The molecule has 1 fully saturated rings. The van der Waals surface area contributed by atoms with Gasteiger partial charge < -0.3 is 0 Å². The standard InChI is InChI=1S/C6H12P/c1-7(2)5-6-3-4-6/h6H,1,3-5H2,2H3/q+1. The largest absolute Gasteiger partial charge is 0.108 e. The molecule has 1 saturated carbocycles. The summed E-state index contributed by atoms with van der Waals surface area (Å²) < 4.78 is 0. The molecule has 0 radical (unpaired) electrons. The zero-order valence-corrected chi connectivity index (χ0v) is 5.75. The van der Waals surface area contributed by atoms with Crippen molar-refractivity contribution in [3.8, 4) is 0 Å². The molecule has 1 rings (SSSR count). The van der Waals surface area contributed by atoms with Gasteiger partial charge in [0.2, 0.25) is 0 Å². The van der Waals surface area contributed by atoms with Gasteiger partial charge in [-0.1, -0.05) is 0 Å². The van der Waals surface area contributed by atoms with Crippen molar-refractivity contribution in [2.24, 2.45) is 5.92 Å². The predicted octanol–water partition coefficient (Wildman–Crippen LogP) is 1.94. The molecule has 0 aliphatic heterocycles. The Bertz CT molecular complexity index is 82.2. The molecule has 0 amide bonds. The van der Waals surface area contributed by atoms with Crippen LogP contribution in [0.15, 0.2) is 0 Å². The lowest BCUT2D eigenvalue weighted by atomic mass is 10.5. The molecule has 40 valence electrons. The van der Waals surface area contributed by atoms with E-state index in [1.807, 2.05) is 0 Å². The van der Waals surface area contributed by atoms with Gasteiger partial charge in [-0.3, -0.25) is 0 Å². The average molecular weight is 115 g/mol. The topological polar surface area (TPSA) is 0 Å². The summed E-state index contributed by atoms with van der Waals surface area (Å²) in [6.45, 7) is 2.26. The summed E-state index contributed by atoms with van der Waals surface area (Å²) in [6.07, 6.45) is 8.39. The number of rotatable bonds is 2. The van der Waals surface area contributed by atoms with Gasteiger partial charge >= 0.3 is 0 Å². The summed E-state index contributed by atoms with van der Waals surface area (Å²) in [6, 6.07) is 0. The SMILES string of the molecule is C=[P+](C)CC1CC1.